The lowest BCUT2D eigenvalue weighted by molar-refractivity contribution is -0.385. The Balaban J connectivity index is 1.65. The van der Waals surface area contributed by atoms with Gasteiger partial charge in [-0.25, -0.2) is 0 Å². The van der Waals surface area contributed by atoms with E-state index in [1.165, 1.54) is 18.2 Å². The monoisotopic (exact) mass is 445 g/mol. The topological polar surface area (TPSA) is 116 Å². The maximum atomic E-state index is 13.3. The Hall–Kier alpha value is -3.01. The first-order valence-electron chi connectivity index (χ1n) is 11.2. The Kier molecular flexibility index (Phi) is 7.79. The highest BCUT2D eigenvalue weighted by molar-refractivity contribution is 5.98. The van der Waals surface area contributed by atoms with Crippen molar-refractivity contribution in [3.05, 3.63) is 39.4 Å². The predicted molar refractivity (Wildman–Crippen MR) is 118 cm³/mol. The molecule has 0 aromatic heterocycles. The van der Waals surface area contributed by atoms with Gasteiger partial charge in [0.25, 0.3) is 11.6 Å². The number of hydrogen-bond acceptors (Lipinski definition) is 6. The summed E-state index contributed by atoms with van der Waals surface area (Å²) in [7, 11) is 0. The first-order valence-corrected chi connectivity index (χ1v) is 11.2. The van der Waals surface area contributed by atoms with E-state index >= 15 is 0 Å². The van der Waals surface area contributed by atoms with Crippen molar-refractivity contribution in [2.75, 3.05) is 45.8 Å². The molecule has 174 valence electrons. The fourth-order valence-electron chi connectivity index (χ4n) is 4.44. The molecule has 1 N–H and O–H groups in total. The van der Waals surface area contributed by atoms with Crippen LogP contribution in [0, 0.1) is 17.0 Å². The molecule has 1 aromatic rings. The molecule has 2 fully saturated rings. The maximum absolute atomic E-state index is 13.3. The van der Waals surface area contributed by atoms with Crippen LogP contribution in [0.5, 0.6) is 0 Å². The molecule has 10 heteroatoms. The third-order valence-corrected chi connectivity index (χ3v) is 6.08. The summed E-state index contributed by atoms with van der Waals surface area (Å²) in [5, 5.41) is 13.8. The molecular weight excluding hydrogens is 414 g/mol. The second-order valence-electron chi connectivity index (χ2n) is 8.32. The lowest BCUT2D eigenvalue weighted by atomic mass is 10.1. The van der Waals surface area contributed by atoms with Crippen LogP contribution in [0.1, 0.15) is 42.1 Å². The van der Waals surface area contributed by atoms with Crippen LogP contribution in [0.3, 0.4) is 0 Å². The average molecular weight is 446 g/mol. The number of rotatable bonds is 6. The molecule has 3 amide bonds. The van der Waals surface area contributed by atoms with Gasteiger partial charge < -0.3 is 15.1 Å². The summed E-state index contributed by atoms with van der Waals surface area (Å²) >= 11 is 0. The van der Waals surface area contributed by atoms with Crippen LogP contribution in [0.15, 0.2) is 18.2 Å². The first kappa shape index (κ1) is 23.6. The number of hydrogen-bond donors (Lipinski definition) is 1. The summed E-state index contributed by atoms with van der Waals surface area (Å²) in [5.74, 6) is -0.348. The minimum absolute atomic E-state index is 0.0155. The maximum Gasteiger partial charge on any atom is 0.272 e. The normalized spacial score (nSPS) is 19.5. The average Bonchev–Trinajstić information content (AvgIpc) is 3.13. The van der Waals surface area contributed by atoms with E-state index in [0.717, 1.165) is 19.4 Å². The number of likely N-dealkylation sites (tertiary alicyclic amines) is 1. The molecule has 1 aromatic carbocycles. The molecule has 1 atom stereocenters. The Morgan fingerprint density at radius 2 is 1.91 bits per heavy atom. The van der Waals surface area contributed by atoms with E-state index in [0.29, 0.717) is 56.8 Å². The van der Waals surface area contributed by atoms with Gasteiger partial charge in [-0.1, -0.05) is 0 Å². The molecule has 2 saturated heterocycles. The van der Waals surface area contributed by atoms with Gasteiger partial charge in [-0.3, -0.25) is 29.4 Å². The Labute approximate surface area is 187 Å². The van der Waals surface area contributed by atoms with Crippen LogP contribution in [0.25, 0.3) is 0 Å². The summed E-state index contributed by atoms with van der Waals surface area (Å²) in [5.41, 5.74) is 0.747. The third kappa shape index (κ3) is 5.42. The SMILES string of the molecule is CCNC(=O)CN1CCCN(C(=O)C2CCCN2C(=O)c2ccc([N+](=O)[O-])c(C)c2)CC1. The number of amides is 3. The number of nitro benzene ring substituents is 1. The molecule has 1 unspecified atom stereocenters. The molecule has 10 nitrogen and oxygen atoms in total. The van der Waals surface area contributed by atoms with Crippen molar-refractivity contribution < 1.29 is 19.3 Å². The Bertz CT molecular complexity index is 889. The summed E-state index contributed by atoms with van der Waals surface area (Å²) in [6, 6.07) is 3.80. The number of aryl methyl sites for hydroxylation is 1. The zero-order chi connectivity index (χ0) is 23.3. The van der Waals surface area contributed by atoms with Gasteiger partial charge in [0.2, 0.25) is 11.8 Å². The molecule has 2 heterocycles. The summed E-state index contributed by atoms with van der Waals surface area (Å²) in [6.07, 6.45) is 2.12. The van der Waals surface area contributed by atoms with Crippen molar-refractivity contribution in [3.8, 4) is 0 Å². The number of benzene rings is 1. The number of carbonyl (C=O) groups excluding carboxylic acids is 3. The van der Waals surface area contributed by atoms with E-state index in [2.05, 4.69) is 10.2 Å². The Morgan fingerprint density at radius 1 is 1.12 bits per heavy atom. The van der Waals surface area contributed by atoms with Crippen LogP contribution >= 0.6 is 0 Å². The van der Waals surface area contributed by atoms with E-state index in [1.54, 1.807) is 16.7 Å². The van der Waals surface area contributed by atoms with Crippen LogP contribution in [0.2, 0.25) is 0 Å². The number of likely N-dealkylation sites (N-methyl/N-ethyl adjacent to an activating group) is 1. The van der Waals surface area contributed by atoms with Gasteiger partial charge in [0, 0.05) is 56.5 Å². The second-order valence-corrected chi connectivity index (χ2v) is 8.32. The number of nitrogens with zero attached hydrogens (tertiary/aromatic N) is 4. The lowest BCUT2D eigenvalue weighted by Crippen LogP contribution is -2.49. The molecule has 3 rings (SSSR count). The van der Waals surface area contributed by atoms with Gasteiger partial charge >= 0.3 is 0 Å². The molecule has 0 spiro atoms. The largest absolute Gasteiger partial charge is 0.355 e. The third-order valence-electron chi connectivity index (χ3n) is 6.08. The van der Waals surface area contributed by atoms with Crippen LogP contribution in [0.4, 0.5) is 5.69 Å². The summed E-state index contributed by atoms with van der Waals surface area (Å²) in [6.45, 7) is 7.37. The first-order chi connectivity index (χ1) is 15.3. The fraction of sp³-hybridized carbons (Fsp3) is 0.591. The molecule has 0 aliphatic carbocycles. The summed E-state index contributed by atoms with van der Waals surface area (Å²) in [4.78, 5) is 54.3. The highest BCUT2D eigenvalue weighted by Gasteiger charge is 2.37. The lowest BCUT2D eigenvalue weighted by Gasteiger charge is -2.30. The summed E-state index contributed by atoms with van der Waals surface area (Å²) < 4.78 is 0. The Morgan fingerprint density at radius 3 is 2.59 bits per heavy atom. The van der Waals surface area contributed by atoms with E-state index in [4.69, 9.17) is 0 Å². The molecule has 2 aliphatic heterocycles. The van der Waals surface area contributed by atoms with Crippen molar-refractivity contribution in [2.24, 2.45) is 0 Å². The van der Waals surface area contributed by atoms with Crippen LogP contribution < -0.4 is 5.32 Å². The van der Waals surface area contributed by atoms with Crippen LogP contribution in [-0.2, 0) is 9.59 Å². The smallest absolute Gasteiger partial charge is 0.272 e. The highest BCUT2D eigenvalue weighted by atomic mass is 16.6. The highest BCUT2D eigenvalue weighted by Crippen LogP contribution is 2.25. The van der Waals surface area contributed by atoms with Crippen molar-refractivity contribution in [2.45, 2.75) is 39.2 Å². The number of nitro groups is 1. The van der Waals surface area contributed by atoms with Crippen molar-refractivity contribution >= 4 is 23.4 Å². The van der Waals surface area contributed by atoms with Crippen molar-refractivity contribution in [1.29, 1.82) is 0 Å². The van der Waals surface area contributed by atoms with Gasteiger partial charge in [0.1, 0.15) is 6.04 Å². The van der Waals surface area contributed by atoms with Crippen LogP contribution in [-0.4, -0.2) is 89.2 Å². The molecule has 0 bridgehead atoms. The van der Waals surface area contributed by atoms with E-state index in [9.17, 15) is 24.5 Å². The minimum atomic E-state index is -0.520. The molecular formula is C22H31N5O5. The molecule has 0 radical (unpaired) electrons. The quantitative estimate of drug-likeness (QED) is 0.519. The zero-order valence-corrected chi connectivity index (χ0v) is 18.7. The standard InChI is InChI=1S/C22H31N5O5/c1-3-23-20(28)15-24-9-5-10-25(13-12-24)22(30)19-6-4-11-26(19)21(29)17-7-8-18(27(31)32)16(2)14-17/h7-8,14,19H,3-6,9-13,15H2,1-2H3,(H,23,28). The van der Waals surface area contributed by atoms with Gasteiger partial charge in [-0.05, 0) is 45.2 Å². The predicted octanol–water partition coefficient (Wildman–Crippen LogP) is 1.18. The van der Waals surface area contributed by atoms with Crippen molar-refractivity contribution in [1.82, 2.24) is 20.0 Å². The minimum Gasteiger partial charge on any atom is -0.355 e. The number of carbonyl (C=O) groups is 3. The second kappa shape index (κ2) is 10.5. The van der Waals surface area contributed by atoms with Crippen molar-refractivity contribution in [3.63, 3.8) is 0 Å². The zero-order valence-electron chi connectivity index (χ0n) is 18.7. The molecule has 32 heavy (non-hydrogen) atoms. The van der Waals surface area contributed by atoms with Gasteiger partial charge in [0.15, 0.2) is 0 Å². The fourth-order valence-corrected chi connectivity index (χ4v) is 4.44. The van der Waals surface area contributed by atoms with E-state index < -0.39 is 11.0 Å². The molecule has 2 aliphatic rings. The van der Waals surface area contributed by atoms with Gasteiger partial charge in [-0.2, -0.15) is 0 Å². The van der Waals surface area contributed by atoms with E-state index in [1.807, 2.05) is 6.92 Å². The van der Waals surface area contributed by atoms with Gasteiger partial charge in [0.05, 0.1) is 11.5 Å². The number of nitrogens with one attached hydrogen (secondary N) is 1. The van der Waals surface area contributed by atoms with E-state index in [-0.39, 0.29) is 23.4 Å². The van der Waals surface area contributed by atoms with Gasteiger partial charge in [-0.15, -0.1) is 0 Å². The molecule has 0 saturated carbocycles.